The summed E-state index contributed by atoms with van der Waals surface area (Å²) in [4.78, 5) is 27.0. The third-order valence-electron chi connectivity index (χ3n) is 4.94. The Morgan fingerprint density at radius 1 is 0.969 bits per heavy atom. The molecule has 2 N–H and O–H groups in total. The number of hydrogen-bond acceptors (Lipinski definition) is 4. The van der Waals surface area contributed by atoms with Crippen LogP contribution in [0.2, 0.25) is 0 Å². The minimum atomic E-state index is -0.175. The molecule has 0 saturated carbocycles. The van der Waals surface area contributed by atoms with Gasteiger partial charge < -0.3 is 20.3 Å². The van der Waals surface area contributed by atoms with Crippen LogP contribution in [0.15, 0.2) is 48.5 Å². The Hall–Kier alpha value is -3.02. The molecule has 6 heteroatoms. The number of hydrogen-bond donors (Lipinski definition) is 2. The molecule has 174 valence electrons. The molecule has 32 heavy (non-hydrogen) atoms. The quantitative estimate of drug-likeness (QED) is 0.437. The maximum Gasteiger partial charge on any atom is 0.253 e. The summed E-state index contributed by atoms with van der Waals surface area (Å²) in [6.45, 7) is 10.8. The molecule has 0 saturated heterocycles. The van der Waals surface area contributed by atoms with E-state index in [-0.39, 0.29) is 18.4 Å². The van der Waals surface area contributed by atoms with Crippen LogP contribution in [0, 0.1) is 5.92 Å². The molecular formula is C26H37N3O3. The van der Waals surface area contributed by atoms with Crippen LogP contribution >= 0.6 is 0 Å². The Morgan fingerprint density at radius 2 is 1.66 bits per heavy atom. The smallest absolute Gasteiger partial charge is 0.253 e. The molecule has 0 unspecified atom stereocenters. The van der Waals surface area contributed by atoms with Gasteiger partial charge in [-0.3, -0.25) is 9.59 Å². The lowest BCUT2D eigenvalue weighted by Gasteiger charge is -2.21. The monoisotopic (exact) mass is 439 g/mol. The van der Waals surface area contributed by atoms with Crippen molar-refractivity contribution in [2.24, 2.45) is 5.92 Å². The van der Waals surface area contributed by atoms with Gasteiger partial charge in [0.15, 0.2) is 0 Å². The minimum Gasteiger partial charge on any atom is -0.494 e. The standard InChI is InChI=1S/C26H37N3O3/c1-5-15-29(16-6-2)26(31)21-8-7-9-23(18-21)28-25(30)19-27-22-10-12-24(13-11-22)32-17-14-20(3)4/h7-13,18,20,27H,5-6,14-17,19H2,1-4H3,(H,28,30). The first-order chi connectivity index (χ1) is 15.4. The van der Waals surface area contributed by atoms with Gasteiger partial charge in [0, 0.05) is 30.0 Å². The average Bonchev–Trinajstić information content (AvgIpc) is 2.78. The maximum atomic E-state index is 12.8. The highest BCUT2D eigenvalue weighted by Crippen LogP contribution is 2.17. The number of carbonyl (C=O) groups excluding carboxylic acids is 2. The minimum absolute atomic E-state index is 0.00127. The van der Waals surface area contributed by atoms with Gasteiger partial charge in [-0.2, -0.15) is 0 Å². The van der Waals surface area contributed by atoms with Gasteiger partial charge in [-0.15, -0.1) is 0 Å². The number of carbonyl (C=O) groups is 2. The van der Waals surface area contributed by atoms with Crippen molar-refractivity contribution in [3.63, 3.8) is 0 Å². The van der Waals surface area contributed by atoms with E-state index >= 15 is 0 Å². The summed E-state index contributed by atoms with van der Waals surface area (Å²) in [6.07, 6.45) is 2.85. The number of rotatable bonds is 13. The summed E-state index contributed by atoms with van der Waals surface area (Å²) in [5.74, 6) is 1.26. The molecule has 2 amide bonds. The second kappa shape index (κ2) is 13.4. The third-order valence-corrected chi connectivity index (χ3v) is 4.94. The van der Waals surface area contributed by atoms with Crippen molar-refractivity contribution in [3.8, 4) is 5.75 Å². The highest BCUT2D eigenvalue weighted by molar-refractivity contribution is 5.98. The Balaban J connectivity index is 1.86. The Kier molecular flexibility index (Phi) is 10.6. The van der Waals surface area contributed by atoms with Crippen molar-refractivity contribution in [3.05, 3.63) is 54.1 Å². The van der Waals surface area contributed by atoms with Crippen LogP contribution in [-0.4, -0.2) is 43.0 Å². The van der Waals surface area contributed by atoms with Crippen molar-refractivity contribution in [1.29, 1.82) is 0 Å². The van der Waals surface area contributed by atoms with E-state index in [2.05, 4.69) is 38.3 Å². The topological polar surface area (TPSA) is 70.7 Å². The molecule has 0 radical (unpaired) electrons. The van der Waals surface area contributed by atoms with Crippen LogP contribution in [0.25, 0.3) is 0 Å². The molecule has 6 nitrogen and oxygen atoms in total. The van der Waals surface area contributed by atoms with E-state index < -0.39 is 0 Å². The number of amides is 2. The SMILES string of the molecule is CCCN(CCC)C(=O)c1cccc(NC(=O)CNc2ccc(OCCC(C)C)cc2)c1. The predicted molar refractivity (Wildman–Crippen MR) is 131 cm³/mol. The molecule has 0 heterocycles. The molecule has 2 aromatic carbocycles. The summed E-state index contributed by atoms with van der Waals surface area (Å²) in [5, 5.41) is 5.98. The van der Waals surface area contributed by atoms with Crippen LogP contribution in [0.5, 0.6) is 5.75 Å². The van der Waals surface area contributed by atoms with Crippen LogP contribution in [0.3, 0.4) is 0 Å². The second-order valence-corrected chi connectivity index (χ2v) is 8.33. The molecule has 0 spiro atoms. The second-order valence-electron chi connectivity index (χ2n) is 8.33. The molecule has 0 aliphatic carbocycles. The zero-order valence-corrected chi connectivity index (χ0v) is 19.8. The van der Waals surface area contributed by atoms with Gasteiger partial charge in [0.05, 0.1) is 13.2 Å². The van der Waals surface area contributed by atoms with Crippen molar-refractivity contribution in [2.45, 2.75) is 47.0 Å². The summed E-state index contributed by atoms with van der Waals surface area (Å²) in [5.41, 5.74) is 2.05. The molecule has 2 aromatic rings. The van der Waals surface area contributed by atoms with E-state index in [0.29, 0.717) is 23.8 Å². The number of anilines is 2. The Morgan fingerprint density at radius 3 is 2.28 bits per heavy atom. The molecular weight excluding hydrogens is 402 g/mol. The number of nitrogens with zero attached hydrogens (tertiary/aromatic N) is 1. The van der Waals surface area contributed by atoms with E-state index in [1.54, 1.807) is 24.3 Å². The summed E-state index contributed by atoms with van der Waals surface area (Å²) in [7, 11) is 0. The lowest BCUT2D eigenvalue weighted by molar-refractivity contribution is -0.114. The van der Waals surface area contributed by atoms with Gasteiger partial charge in [0.25, 0.3) is 5.91 Å². The largest absolute Gasteiger partial charge is 0.494 e. The molecule has 0 aliphatic heterocycles. The van der Waals surface area contributed by atoms with Crippen LogP contribution < -0.4 is 15.4 Å². The van der Waals surface area contributed by atoms with Crippen molar-refractivity contribution in [2.75, 3.05) is 36.9 Å². The molecule has 0 aromatic heterocycles. The fourth-order valence-corrected chi connectivity index (χ4v) is 3.24. The van der Waals surface area contributed by atoms with Crippen molar-refractivity contribution in [1.82, 2.24) is 4.90 Å². The van der Waals surface area contributed by atoms with E-state index in [4.69, 9.17) is 4.74 Å². The Bertz CT molecular complexity index is 844. The fourth-order valence-electron chi connectivity index (χ4n) is 3.24. The van der Waals surface area contributed by atoms with Crippen LogP contribution in [0.4, 0.5) is 11.4 Å². The number of benzene rings is 2. The first-order valence-corrected chi connectivity index (χ1v) is 11.6. The molecule has 2 rings (SSSR count). The lowest BCUT2D eigenvalue weighted by atomic mass is 10.1. The van der Waals surface area contributed by atoms with Gasteiger partial charge >= 0.3 is 0 Å². The summed E-state index contributed by atoms with van der Waals surface area (Å²) in [6, 6.07) is 14.7. The average molecular weight is 440 g/mol. The van der Waals surface area contributed by atoms with Crippen LogP contribution in [0.1, 0.15) is 57.3 Å². The van der Waals surface area contributed by atoms with Gasteiger partial charge in [0.2, 0.25) is 5.91 Å². The van der Waals surface area contributed by atoms with Crippen molar-refractivity contribution < 1.29 is 14.3 Å². The van der Waals surface area contributed by atoms with Crippen LogP contribution in [-0.2, 0) is 4.79 Å². The molecule has 0 atom stereocenters. The summed E-state index contributed by atoms with van der Waals surface area (Å²) >= 11 is 0. The third kappa shape index (κ3) is 8.61. The van der Waals surface area contributed by atoms with E-state index in [1.807, 2.05) is 29.2 Å². The van der Waals surface area contributed by atoms with Gasteiger partial charge in [0.1, 0.15) is 5.75 Å². The first kappa shape index (κ1) is 25.2. The Labute approximate surface area is 192 Å². The molecule has 0 bridgehead atoms. The first-order valence-electron chi connectivity index (χ1n) is 11.6. The zero-order chi connectivity index (χ0) is 23.3. The van der Waals surface area contributed by atoms with Crippen molar-refractivity contribution >= 4 is 23.2 Å². The van der Waals surface area contributed by atoms with E-state index in [0.717, 1.165) is 43.8 Å². The van der Waals surface area contributed by atoms with E-state index in [1.165, 1.54) is 0 Å². The van der Waals surface area contributed by atoms with Gasteiger partial charge in [-0.25, -0.2) is 0 Å². The highest BCUT2D eigenvalue weighted by atomic mass is 16.5. The highest BCUT2D eigenvalue weighted by Gasteiger charge is 2.15. The molecule has 0 fully saturated rings. The predicted octanol–water partition coefficient (Wildman–Crippen LogP) is 5.42. The van der Waals surface area contributed by atoms with Gasteiger partial charge in [-0.05, 0) is 67.6 Å². The maximum absolute atomic E-state index is 12.8. The number of ether oxygens (including phenoxy) is 1. The molecule has 0 aliphatic rings. The normalized spacial score (nSPS) is 10.7. The number of nitrogens with one attached hydrogen (secondary N) is 2. The van der Waals surface area contributed by atoms with E-state index in [9.17, 15) is 9.59 Å². The summed E-state index contributed by atoms with van der Waals surface area (Å²) < 4.78 is 5.72. The fraction of sp³-hybridized carbons (Fsp3) is 0.462. The lowest BCUT2D eigenvalue weighted by Crippen LogP contribution is -2.32. The van der Waals surface area contributed by atoms with Gasteiger partial charge in [-0.1, -0.05) is 33.8 Å². The zero-order valence-electron chi connectivity index (χ0n) is 19.8.